The Morgan fingerprint density at radius 1 is 1.08 bits per heavy atom. The number of para-hydroxylation sites is 2. The highest BCUT2D eigenvalue weighted by Gasteiger charge is 2.56. The molecule has 0 unspecified atom stereocenters. The van der Waals surface area contributed by atoms with E-state index in [0.29, 0.717) is 44.4 Å². The van der Waals surface area contributed by atoms with E-state index in [2.05, 4.69) is 16.0 Å². The van der Waals surface area contributed by atoms with Crippen molar-refractivity contribution < 1.29 is 23.8 Å². The number of morpholine rings is 1. The predicted molar refractivity (Wildman–Crippen MR) is 147 cm³/mol. The SMILES string of the molecule is CCOc1c(OC)cccc1[C@H]1CN2C(=O)CN(CCN3CCOCC3)C(=O)[C@]2(C)c2[nH]c3ccccc3c21. The third kappa shape index (κ3) is 4.15. The quantitative estimate of drug-likeness (QED) is 0.504. The standard InChI is InChI=1S/C30H36N4O5/c1-4-39-27-20(9-7-11-24(27)37-3)22-18-34-25(35)19-33(13-12-32-14-16-38-17-15-32)29(36)30(34,2)28-26(22)21-8-5-6-10-23(21)31-28/h5-11,22,31H,4,12-19H2,1-3H3/t22-,30+/m1/s1. The van der Waals surface area contributed by atoms with Crippen molar-refractivity contribution in [2.24, 2.45) is 0 Å². The van der Waals surface area contributed by atoms with Gasteiger partial charge in [0.1, 0.15) is 0 Å². The fourth-order valence-electron chi connectivity index (χ4n) is 6.49. The number of aromatic amines is 1. The summed E-state index contributed by atoms with van der Waals surface area (Å²) in [7, 11) is 1.63. The number of nitrogens with zero attached hydrogens (tertiary/aromatic N) is 3. The highest BCUT2D eigenvalue weighted by Crippen LogP contribution is 2.50. The number of piperazine rings is 1. The van der Waals surface area contributed by atoms with E-state index in [4.69, 9.17) is 14.2 Å². The number of fused-ring (bicyclic) bond motifs is 5. The number of hydrogen-bond donors (Lipinski definition) is 1. The molecular weight excluding hydrogens is 496 g/mol. The Balaban J connectivity index is 1.45. The summed E-state index contributed by atoms with van der Waals surface area (Å²) in [6.45, 7) is 9.11. The van der Waals surface area contributed by atoms with Gasteiger partial charge in [-0.15, -0.1) is 0 Å². The number of carbonyl (C=O) groups excluding carboxylic acids is 2. The van der Waals surface area contributed by atoms with Crippen LogP contribution in [-0.2, 0) is 19.9 Å². The summed E-state index contributed by atoms with van der Waals surface area (Å²) in [6, 6.07) is 14.0. The molecule has 6 rings (SSSR count). The van der Waals surface area contributed by atoms with Gasteiger partial charge < -0.3 is 29.0 Å². The van der Waals surface area contributed by atoms with Gasteiger partial charge in [-0.05, 0) is 31.5 Å². The summed E-state index contributed by atoms with van der Waals surface area (Å²) in [5.41, 5.74) is 2.58. The second-order valence-corrected chi connectivity index (χ2v) is 10.6. The maximum absolute atomic E-state index is 14.3. The molecule has 2 amide bonds. The minimum atomic E-state index is -1.13. The van der Waals surface area contributed by atoms with Gasteiger partial charge in [0.2, 0.25) is 5.91 Å². The van der Waals surface area contributed by atoms with E-state index in [0.717, 1.165) is 47.4 Å². The van der Waals surface area contributed by atoms with Crippen LogP contribution in [-0.4, -0.2) is 97.7 Å². The molecule has 0 spiro atoms. The van der Waals surface area contributed by atoms with Gasteiger partial charge in [-0.3, -0.25) is 14.5 Å². The number of nitrogens with one attached hydrogen (secondary N) is 1. The van der Waals surface area contributed by atoms with Crippen molar-refractivity contribution in [3.05, 3.63) is 59.3 Å². The average Bonchev–Trinajstić information content (AvgIpc) is 3.36. The van der Waals surface area contributed by atoms with Crippen molar-refractivity contribution in [2.45, 2.75) is 25.3 Å². The third-order valence-electron chi connectivity index (χ3n) is 8.50. The van der Waals surface area contributed by atoms with Crippen molar-refractivity contribution in [1.82, 2.24) is 19.7 Å². The van der Waals surface area contributed by atoms with Crippen molar-refractivity contribution in [3.63, 3.8) is 0 Å². The van der Waals surface area contributed by atoms with Crippen molar-refractivity contribution in [2.75, 3.05) is 66.2 Å². The first-order chi connectivity index (χ1) is 19.0. The van der Waals surface area contributed by atoms with E-state index >= 15 is 0 Å². The summed E-state index contributed by atoms with van der Waals surface area (Å²) >= 11 is 0. The number of H-pyrrole nitrogens is 1. The van der Waals surface area contributed by atoms with Gasteiger partial charge in [0, 0.05) is 55.1 Å². The maximum Gasteiger partial charge on any atom is 0.254 e. The molecule has 9 nitrogen and oxygen atoms in total. The van der Waals surface area contributed by atoms with Gasteiger partial charge in [0.15, 0.2) is 17.0 Å². The Labute approximate surface area is 228 Å². The van der Waals surface area contributed by atoms with E-state index in [-0.39, 0.29) is 24.3 Å². The monoisotopic (exact) mass is 532 g/mol. The zero-order valence-electron chi connectivity index (χ0n) is 22.9. The molecular formula is C30H36N4O5. The zero-order valence-corrected chi connectivity index (χ0v) is 22.9. The largest absolute Gasteiger partial charge is 0.493 e. The van der Waals surface area contributed by atoms with E-state index in [1.54, 1.807) is 16.9 Å². The van der Waals surface area contributed by atoms with Crippen LogP contribution in [0.3, 0.4) is 0 Å². The summed E-state index contributed by atoms with van der Waals surface area (Å²) in [4.78, 5) is 37.5. The van der Waals surface area contributed by atoms with E-state index in [1.807, 2.05) is 50.2 Å². The minimum Gasteiger partial charge on any atom is -0.493 e. The van der Waals surface area contributed by atoms with Crippen molar-refractivity contribution in [3.8, 4) is 11.5 Å². The van der Waals surface area contributed by atoms with Gasteiger partial charge in [0.05, 0.1) is 39.2 Å². The molecule has 2 saturated heterocycles. The third-order valence-corrected chi connectivity index (χ3v) is 8.50. The fourth-order valence-corrected chi connectivity index (χ4v) is 6.49. The number of hydrogen-bond acceptors (Lipinski definition) is 6. The second-order valence-electron chi connectivity index (χ2n) is 10.6. The summed E-state index contributed by atoms with van der Waals surface area (Å²) in [5.74, 6) is 1.04. The number of carbonyl (C=O) groups is 2. The van der Waals surface area contributed by atoms with Gasteiger partial charge >= 0.3 is 0 Å². The van der Waals surface area contributed by atoms with Crippen LogP contribution < -0.4 is 9.47 Å². The minimum absolute atomic E-state index is 0.0442. The van der Waals surface area contributed by atoms with Crippen molar-refractivity contribution in [1.29, 1.82) is 0 Å². The molecule has 0 aliphatic carbocycles. The lowest BCUT2D eigenvalue weighted by Crippen LogP contribution is -2.68. The number of aromatic nitrogens is 1. The fraction of sp³-hybridized carbons (Fsp3) is 0.467. The van der Waals surface area contributed by atoms with E-state index in [9.17, 15) is 9.59 Å². The molecule has 39 heavy (non-hydrogen) atoms. The summed E-state index contributed by atoms with van der Waals surface area (Å²) < 4.78 is 17.2. The second kappa shape index (κ2) is 10.2. The van der Waals surface area contributed by atoms with Crippen LogP contribution >= 0.6 is 0 Å². The molecule has 3 aliphatic rings. The number of ether oxygens (including phenoxy) is 3. The predicted octanol–water partition coefficient (Wildman–Crippen LogP) is 2.94. The average molecular weight is 533 g/mol. The number of benzene rings is 2. The van der Waals surface area contributed by atoms with Gasteiger partial charge in [-0.25, -0.2) is 0 Å². The molecule has 2 aromatic carbocycles. The molecule has 1 aromatic heterocycles. The number of methoxy groups -OCH3 is 1. The summed E-state index contributed by atoms with van der Waals surface area (Å²) in [5, 5.41) is 1.05. The van der Waals surface area contributed by atoms with Crippen LogP contribution in [0.15, 0.2) is 42.5 Å². The zero-order chi connectivity index (χ0) is 27.1. The molecule has 4 heterocycles. The first kappa shape index (κ1) is 25.7. The topological polar surface area (TPSA) is 87.3 Å². The van der Waals surface area contributed by atoms with Crippen LogP contribution in [0.2, 0.25) is 0 Å². The number of amides is 2. The number of rotatable bonds is 7. The lowest BCUT2D eigenvalue weighted by molar-refractivity contribution is -0.166. The smallest absolute Gasteiger partial charge is 0.254 e. The molecule has 2 fully saturated rings. The Bertz CT molecular complexity index is 1400. The van der Waals surface area contributed by atoms with Crippen LogP contribution in [0.1, 0.15) is 36.6 Å². The molecule has 9 heteroatoms. The molecule has 3 aromatic rings. The molecule has 206 valence electrons. The van der Waals surface area contributed by atoms with Crippen molar-refractivity contribution >= 4 is 22.7 Å². The lowest BCUT2D eigenvalue weighted by atomic mass is 9.76. The Kier molecular flexibility index (Phi) is 6.72. The Hall–Kier alpha value is -3.56. The molecule has 0 radical (unpaired) electrons. The Morgan fingerprint density at radius 3 is 2.64 bits per heavy atom. The van der Waals surface area contributed by atoms with Crippen LogP contribution in [0.5, 0.6) is 11.5 Å². The molecule has 2 atom stereocenters. The van der Waals surface area contributed by atoms with Gasteiger partial charge in [0.25, 0.3) is 5.91 Å². The van der Waals surface area contributed by atoms with Gasteiger partial charge in [-0.2, -0.15) is 0 Å². The first-order valence-corrected chi connectivity index (χ1v) is 13.8. The molecule has 3 aliphatic heterocycles. The van der Waals surface area contributed by atoms with E-state index in [1.165, 1.54) is 0 Å². The molecule has 1 N–H and O–H groups in total. The molecule has 0 saturated carbocycles. The van der Waals surface area contributed by atoms with Gasteiger partial charge in [-0.1, -0.05) is 30.3 Å². The lowest BCUT2D eigenvalue weighted by Gasteiger charge is -2.51. The first-order valence-electron chi connectivity index (χ1n) is 13.8. The van der Waals surface area contributed by atoms with Crippen LogP contribution in [0.4, 0.5) is 0 Å². The Morgan fingerprint density at radius 2 is 1.87 bits per heavy atom. The molecule has 0 bridgehead atoms. The summed E-state index contributed by atoms with van der Waals surface area (Å²) in [6.07, 6.45) is 0. The maximum atomic E-state index is 14.3. The van der Waals surface area contributed by atoms with E-state index < -0.39 is 5.54 Å². The highest BCUT2D eigenvalue weighted by atomic mass is 16.5. The van der Waals surface area contributed by atoms with Crippen LogP contribution in [0, 0.1) is 0 Å². The normalized spacial score (nSPS) is 23.6. The highest BCUT2D eigenvalue weighted by molar-refractivity contribution is 6.01. The van der Waals surface area contributed by atoms with Crippen LogP contribution in [0.25, 0.3) is 10.9 Å².